The quantitative estimate of drug-likeness (QED) is 0.804. The summed E-state index contributed by atoms with van der Waals surface area (Å²) in [6.45, 7) is 3.93. The first kappa shape index (κ1) is 16.5. The van der Waals surface area contributed by atoms with Gasteiger partial charge in [0.1, 0.15) is 6.61 Å². The normalized spacial score (nSPS) is 14.9. The number of hydrogen-bond acceptors (Lipinski definition) is 4. The van der Waals surface area contributed by atoms with E-state index >= 15 is 0 Å². The molecule has 0 bridgehead atoms. The molecule has 0 aliphatic carbocycles. The van der Waals surface area contributed by atoms with E-state index < -0.39 is 9.84 Å². The minimum atomic E-state index is -3.27. The van der Waals surface area contributed by atoms with E-state index in [1.54, 1.807) is 25.1 Å². The highest BCUT2D eigenvalue weighted by Crippen LogP contribution is 2.34. The molecule has 2 aromatic carbocycles. The van der Waals surface area contributed by atoms with Crippen molar-refractivity contribution in [3.05, 3.63) is 64.7 Å². The van der Waals surface area contributed by atoms with Gasteiger partial charge in [0.2, 0.25) is 0 Å². The number of aryl methyl sites for hydroxylation is 2. The van der Waals surface area contributed by atoms with E-state index in [0.717, 1.165) is 22.3 Å². The third-order valence-electron chi connectivity index (χ3n) is 4.12. The highest BCUT2D eigenvalue weighted by atomic mass is 32.2. The first-order valence-electron chi connectivity index (χ1n) is 7.56. The highest BCUT2D eigenvalue weighted by molar-refractivity contribution is 7.90. The summed E-state index contributed by atoms with van der Waals surface area (Å²) in [4.78, 5) is 12.5. The summed E-state index contributed by atoms with van der Waals surface area (Å²) in [5.41, 5.74) is 4.71. The summed E-state index contributed by atoms with van der Waals surface area (Å²) in [5.74, 6) is -0.348. The fourth-order valence-electron chi connectivity index (χ4n) is 2.90. The fraction of sp³-hybridized carbons (Fsp3) is 0.211. The van der Waals surface area contributed by atoms with Crippen LogP contribution in [0.1, 0.15) is 22.3 Å². The van der Waals surface area contributed by atoms with Crippen molar-refractivity contribution in [3.8, 4) is 0 Å². The Morgan fingerprint density at radius 2 is 1.58 bits per heavy atom. The summed E-state index contributed by atoms with van der Waals surface area (Å²) >= 11 is 0. The molecule has 0 atom stereocenters. The fourth-order valence-corrected chi connectivity index (χ4v) is 3.86. The third-order valence-corrected chi connectivity index (χ3v) is 5.37. The molecule has 0 radical (unpaired) electrons. The Morgan fingerprint density at radius 3 is 2.17 bits per heavy atom. The predicted octanol–water partition coefficient (Wildman–Crippen LogP) is 3.17. The molecule has 3 rings (SSSR count). The Bertz CT molecular complexity index is 951. The third kappa shape index (κ3) is 2.99. The predicted molar refractivity (Wildman–Crippen MR) is 93.2 cm³/mol. The van der Waals surface area contributed by atoms with E-state index in [9.17, 15) is 13.2 Å². The van der Waals surface area contributed by atoms with Gasteiger partial charge in [-0.2, -0.15) is 0 Å². The van der Waals surface area contributed by atoms with Crippen LogP contribution in [0.25, 0.3) is 11.1 Å². The monoisotopic (exact) mass is 342 g/mol. The second-order valence-electron chi connectivity index (χ2n) is 6.05. The van der Waals surface area contributed by atoms with Gasteiger partial charge in [-0.15, -0.1) is 0 Å². The first-order valence-corrected chi connectivity index (χ1v) is 9.45. The van der Waals surface area contributed by atoms with Gasteiger partial charge in [0, 0.05) is 11.8 Å². The SMILES string of the molecule is Cc1ccc(C2=C(c3ccc(S(C)(=O)=O)c(C)c3)COC2=O)cc1. The molecule has 24 heavy (non-hydrogen) atoms. The van der Waals surface area contributed by atoms with Crippen molar-refractivity contribution < 1.29 is 17.9 Å². The van der Waals surface area contributed by atoms with E-state index in [0.29, 0.717) is 16.0 Å². The molecule has 0 saturated carbocycles. The summed E-state index contributed by atoms with van der Waals surface area (Å²) < 4.78 is 28.8. The van der Waals surface area contributed by atoms with Crippen LogP contribution in [0.5, 0.6) is 0 Å². The zero-order valence-corrected chi connectivity index (χ0v) is 14.6. The lowest BCUT2D eigenvalue weighted by Crippen LogP contribution is -2.01. The summed E-state index contributed by atoms with van der Waals surface area (Å²) in [7, 11) is -3.27. The van der Waals surface area contributed by atoms with Crippen molar-refractivity contribution in [2.45, 2.75) is 18.7 Å². The minimum absolute atomic E-state index is 0.194. The summed E-state index contributed by atoms with van der Waals surface area (Å²) in [5, 5.41) is 0. The maximum atomic E-state index is 12.2. The van der Waals surface area contributed by atoms with Gasteiger partial charge in [-0.05, 0) is 36.6 Å². The van der Waals surface area contributed by atoms with Gasteiger partial charge >= 0.3 is 5.97 Å². The number of ether oxygens (including phenoxy) is 1. The van der Waals surface area contributed by atoms with Crippen LogP contribution < -0.4 is 0 Å². The first-order chi connectivity index (χ1) is 11.3. The number of benzene rings is 2. The Labute approximate surface area is 141 Å². The van der Waals surface area contributed by atoms with Gasteiger partial charge in [-0.25, -0.2) is 13.2 Å². The number of carbonyl (C=O) groups excluding carboxylic acids is 1. The molecule has 1 aliphatic heterocycles. The van der Waals surface area contributed by atoms with Crippen LogP contribution in [0.4, 0.5) is 0 Å². The van der Waals surface area contributed by atoms with Crippen molar-refractivity contribution in [3.63, 3.8) is 0 Å². The van der Waals surface area contributed by atoms with Crippen molar-refractivity contribution >= 4 is 27.0 Å². The molecule has 4 nitrogen and oxygen atoms in total. The Balaban J connectivity index is 2.14. The van der Waals surface area contributed by atoms with Gasteiger partial charge in [-0.3, -0.25) is 0 Å². The van der Waals surface area contributed by atoms with Crippen LogP contribution >= 0.6 is 0 Å². The molecule has 0 amide bonds. The van der Waals surface area contributed by atoms with Gasteiger partial charge in [0.15, 0.2) is 9.84 Å². The van der Waals surface area contributed by atoms with Gasteiger partial charge in [0.25, 0.3) is 0 Å². The Morgan fingerprint density at radius 1 is 0.958 bits per heavy atom. The lowest BCUT2D eigenvalue weighted by molar-refractivity contribution is -0.133. The van der Waals surface area contributed by atoms with Gasteiger partial charge in [-0.1, -0.05) is 42.0 Å². The molecule has 1 heterocycles. The molecule has 0 fully saturated rings. The minimum Gasteiger partial charge on any atom is -0.457 e. The lowest BCUT2D eigenvalue weighted by atomic mass is 9.95. The standard InChI is InChI=1S/C19H18O4S/c1-12-4-6-14(7-5-12)18-16(11-23-19(18)20)15-8-9-17(13(2)10-15)24(3,21)22/h4-10H,11H2,1-3H3. The summed E-state index contributed by atoms with van der Waals surface area (Å²) in [6.07, 6.45) is 1.19. The van der Waals surface area contributed by atoms with Crippen molar-refractivity contribution in [2.24, 2.45) is 0 Å². The molecular formula is C19H18O4S. The highest BCUT2D eigenvalue weighted by Gasteiger charge is 2.27. The molecule has 0 spiro atoms. The molecule has 0 saturated heterocycles. The molecule has 124 valence electrons. The van der Waals surface area contributed by atoms with Crippen LogP contribution in [0.2, 0.25) is 0 Å². The molecule has 2 aromatic rings. The number of rotatable bonds is 3. The average Bonchev–Trinajstić information content (AvgIpc) is 2.88. The molecule has 5 heteroatoms. The second-order valence-corrected chi connectivity index (χ2v) is 8.03. The molecule has 0 N–H and O–H groups in total. The van der Waals surface area contributed by atoms with E-state index in [2.05, 4.69) is 0 Å². The molecule has 0 unspecified atom stereocenters. The van der Waals surface area contributed by atoms with Crippen molar-refractivity contribution in [1.82, 2.24) is 0 Å². The largest absolute Gasteiger partial charge is 0.457 e. The van der Waals surface area contributed by atoms with Crippen LogP contribution in [0, 0.1) is 13.8 Å². The van der Waals surface area contributed by atoms with Crippen molar-refractivity contribution in [2.75, 3.05) is 12.9 Å². The number of sulfone groups is 1. The van der Waals surface area contributed by atoms with E-state index in [-0.39, 0.29) is 12.6 Å². The zero-order valence-electron chi connectivity index (χ0n) is 13.8. The molecule has 1 aliphatic rings. The van der Waals surface area contributed by atoms with Crippen LogP contribution in [0.3, 0.4) is 0 Å². The number of carbonyl (C=O) groups is 1. The maximum Gasteiger partial charge on any atom is 0.339 e. The average molecular weight is 342 g/mol. The zero-order chi connectivity index (χ0) is 17.5. The number of esters is 1. The number of hydrogen-bond donors (Lipinski definition) is 0. The van der Waals surface area contributed by atoms with Gasteiger partial charge in [0.05, 0.1) is 10.5 Å². The van der Waals surface area contributed by atoms with E-state index in [1.807, 2.05) is 31.2 Å². The molecular weight excluding hydrogens is 324 g/mol. The van der Waals surface area contributed by atoms with E-state index in [4.69, 9.17) is 4.74 Å². The Kier molecular flexibility index (Phi) is 4.05. The number of cyclic esters (lactones) is 1. The van der Waals surface area contributed by atoms with Gasteiger partial charge < -0.3 is 4.74 Å². The van der Waals surface area contributed by atoms with E-state index in [1.165, 1.54) is 6.26 Å². The van der Waals surface area contributed by atoms with Crippen LogP contribution in [-0.2, 0) is 19.4 Å². The molecule has 0 aromatic heterocycles. The van der Waals surface area contributed by atoms with Crippen LogP contribution in [0.15, 0.2) is 47.4 Å². The summed E-state index contributed by atoms with van der Waals surface area (Å²) in [6, 6.07) is 12.8. The van der Waals surface area contributed by atoms with Crippen molar-refractivity contribution in [1.29, 1.82) is 0 Å². The maximum absolute atomic E-state index is 12.2. The topological polar surface area (TPSA) is 60.4 Å². The Hall–Kier alpha value is -2.40. The second kappa shape index (κ2) is 5.91. The lowest BCUT2D eigenvalue weighted by Gasteiger charge is -2.09. The van der Waals surface area contributed by atoms with Crippen LogP contribution in [-0.4, -0.2) is 27.2 Å². The smallest absolute Gasteiger partial charge is 0.339 e.